The minimum absolute atomic E-state index is 0.102. The second kappa shape index (κ2) is 6.79. The summed E-state index contributed by atoms with van der Waals surface area (Å²) in [6.45, 7) is 1.41. The summed E-state index contributed by atoms with van der Waals surface area (Å²) < 4.78 is 53.3. The molecule has 1 rings (SSSR count). The van der Waals surface area contributed by atoms with Gasteiger partial charge in [-0.1, -0.05) is 12.8 Å². The van der Waals surface area contributed by atoms with Gasteiger partial charge in [0.1, 0.15) is 10.7 Å². The van der Waals surface area contributed by atoms with Crippen LogP contribution in [0.2, 0.25) is 0 Å². The van der Waals surface area contributed by atoms with Crippen LogP contribution >= 0.6 is 0 Å². The lowest BCUT2D eigenvalue weighted by molar-refractivity contribution is 0.453. The Balaban J connectivity index is 3.40. The number of terminal acetylenes is 1. The molecule has 1 aromatic carbocycles. The third kappa shape index (κ3) is 3.15. The van der Waals surface area contributed by atoms with E-state index in [1.165, 1.54) is 7.05 Å². The number of nitrogens with one attached hydrogen (secondary N) is 1. The number of rotatable bonds is 6. The second-order valence-corrected chi connectivity index (χ2v) is 5.91. The molecular formula is C13H16F2N2O2S. The lowest BCUT2D eigenvalue weighted by Gasteiger charge is -2.19. The second-order valence-electron chi connectivity index (χ2n) is 4.00. The quantitative estimate of drug-likeness (QED) is 0.807. The van der Waals surface area contributed by atoms with E-state index in [1.807, 2.05) is 0 Å². The van der Waals surface area contributed by atoms with Crippen LogP contribution in [-0.2, 0) is 16.6 Å². The van der Waals surface area contributed by atoms with Crippen LogP contribution in [0.4, 0.5) is 8.78 Å². The van der Waals surface area contributed by atoms with Gasteiger partial charge in [-0.05, 0) is 19.2 Å². The van der Waals surface area contributed by atoms with E-state index in [-0.39, 0.29) is 25.2 Å². The Kier molecular flexibility index (Phi) is 5.62. The molecule has 0 aliphatic heterocycles. The van der Waals surface area contributed by atoms with E-state index >= 15 is 0 Å². The van der Waals surface area contributed by atoms with Crippen molar-refractivity contribution in [3.05, 3.63) is 29.3 Å². The van der Waals surface area contributed by atoms with Crippen LogP contribution in [0.5, 0.6) is 0 Å². The molecule has 0 spiro atoms. The predicted molar refractivity (Wildman–Crippen MR) is 72.4 cm³/mol. The molecule has 0 fully saturated rings. The molecule has 7 heteroatoms. The van der Waals surface area contributed by atoms with Gasteiger partial charge < -0.3 is 5.32 Å². The first-order valence-electron chi connectivity index (χ1n) is 5.95. The van der Waals surface area contributed by atoms with Gasteiger partial charge in [-0.3, -0.25) is 0 Å². The Morgan fingerprint density at radius 2 is 2.05 bits per heavy atom. The summed E-state index contributed by atoms with van der Waals surface area (Å²) in [7, 11) is -2.57. The summed E-state index contributed by atoms with van der Waals surface area (Å²) in [5.41, 5.74) is -0.315. The zero-order valence-corrected chi connectivity index (χ0v) is 12.1. The van der Waals surface area contributed by atoms with Crippen molar-refractivity contribution in [2.45, 2.75) is 18.4 Å². The normalized spacial score (nSPS) is 11.6. The Hall–Kier alpha value is -1.49. The molecule has 20 heavy (non-hydrogen) atoms. The van der Waals surface area contributed by atoms with E-state index in [2.05, 4.69) is 11.2 Å². The summed E-state index contributed by atoms with van der Waals surface area (Å²) in [6, 6.07) is 1.85. The summed E-state index contributed by atoms with van der Waals surface area (Å²) in [4.78, 5) is -0.568. The Morgan fingerprint density at radius 3 is 2.55 bits per heavy atom. The standard InChI is InChI=1S/C13H16F2N2O2S/c1-4-8-17(5-2)20(18,19)12-7-6-11(14)10(9-16-3)13(12)15/h1,6-7,16H,5,8-9H2,2-3H3. The smallest absolute Gasteiger partial charge is 0.246 e. The van der Waals surface area contributed by atoms with Crippen LogP contribution in [0.15, 0.2) is 17.0 Å². The maximum atomic E-state index is 14.2. The van der Waals surface area contributed by atoms with Gasteiger partial charge in [0.25, 0.3) is 0 Å². The highest BCUT2D eigenvalue weighted by Gasteiger charge is 2.28. The largest absolute Gasteiger partial charge is 0.315 e. The fraction of sp³-hybridized carbons (Fsp3) is 0.385. The number of sulfonamides is 1. The molecule has 0 heterocycles. The van der Waals surface area contributed by atoms with Crippen molar-refractivity contribution >= 4 is 10.0 Å². The molecule has 1 aromatic rings. The van der Waals surface area contributed by atoms with Gasteiger partial charge in [-0.25, -0.2) is 17.2 Å². The van der Waals surface area contributed by atoms with Gasteiger partial charge in [0, 0.05) is 18.7 Å². The Labute approximate surface area is 117 Å². The highest BCUT2D eigenvalue weighted by Crippen LogP contribution is 2.23. The van der Waals surface area contributed by atoms with Crippen molar-refractivity contribution in [3.8, 4) is 12.3 Å². The van der Waals surface area contributed by atoms with Crippen molar-refractivity contribution in [1.29, 1.82) is 0 Å². The minimum atomic E-state index is -4.08. The third-order valence-corrected chi connectivity index (χ3v) is 4.68. The van der Waals surface area contributed by atoms with Crippen LogP contribution in [-0.4, -0.2) is 32.9 Å². The monoisotopic (exact) mass is 302 g/mol. The summed E-state index contributed by atoms with van der Waals surface area (Å²) in [5.74, 6) is 0.319. The van der Waals surface area contributed by atoms with Crippen LogP contribution in [0.25, 0.3) is 0 Å². The maximum Gasteiger partial charge on any atom is 0.246 e. The van der Waals surface area contributed by atoms with Gasteiger partial charge in [-0.2, -0.15) is 4.31 Å². The first kappa shape index (κ1) is 16.6. The average molecular weight is 302 g/mol. The average Bonchev–Trinajstić information content (AvgIpc) is 2.40. The van der Waals surface area contributed by atoms with Crippen molar-refractivity contribution in [3.63, 3.8) is 0 Å². The van der Waals surface area contributed by atoms with Crippen LogP contribution in [0, 0.1) is 24.0 Å². The molecule has 0 bridgehead atoms. The molecule has 4 nitrogen and oxygen atoms in total. The molecule has 0 aliphatic rings. The van der Waals surface area contributed by atoms with Crippen molar-refractivity contribution < 1.29 is 17.2 Å². The number of hydrogen-bond donors (Lipinski definition) is 1. The first-order chi connectivity index (χ1) is 9.39. The van der Waals surface area contributed by atoms with Crippen LogP contribution in [0.1, 0.15) is 12.5 Å². The van der Waals surface area contributed by atoms with Gasteiger partial charge >= 0.3 is 0 Å². The molecular weight excluding hydrogens is 286 g/mol. The predicted octanol–water partition coefficient (Wildman–Crippen LogP) is 1.33. The van der Waals surface area contributed by atoms with E-state index in [4.69, 9.17) is 6.42 Å². The lowest BCUT2D eigenvalue weighted by atomic mass is 10.2. The van der Waals surface area contributed by atoms with Gasteiger partial charge in [0.15, 0.2) is 5.82 Å². The summed E-state index contributed by atoms with van der Waals surface area (Å²) >= 11 is 0. The summed E-state index contributed by atoms with van der Waals surface area (Å²) in [5, 5.41) is 2.59. The highest BCUT2D eigenvalue weighted by molar-refractivity contribution is 7.89. The van der Waals surface area contributed by atoms with E-state index in [0.717, 1.165) is 16.4 Å². The maximum absolute atomic E-state index is 14.2. The number of benzene rings is 1. The molecule has 0 radical (unpaired) electrons. The highest BCUT2D eigenvalue weighted by atomic mass is 32.2. The molecule has 0 aliphatic carbocycles. The molecule has 0 saturated carbocycles. The number of halogens is 2. The fourth-order valence-electron chi connectivity index (χ4n) is 1.72. The Bertz CT molecular complexity index is 624. The fourth-order valence-corrected chi connectivity index (χ4v) is 3.17. The minimum Gasteiger partial charge on any atom is -0.315 e. The van der Waals surface area contributed by atoms with Crippen molar-refractivity contribution in [2.75, 3.05) is 20.1 Å². The Morgan fingerprint density at radius 1 is 1.40 bits per heavy atom. The molecule has 1 N–H and O–H groups in total. The lowest BCUT2D eigenvalue weighted by Crippen LogP contribution is -2.32. The van der Waals surface area contributed by atoms with E-state index in [0.29, 0.717) is 0 Å². The van der Waals surface area contributed by atoms with Gasteiger partial charge in [-0.15, -0.1) is 6.42 Å². The molecule has 110 valence electrons. The third-order valence-electron chi connectivity index (χ3n) is 2.74. The SMILES string of the molecule is C#CCN(CC)S(=O)(=O)c1ccc(F)c(CNC)c1F. The first-order valence-corrected chi connectivity index (χ1v) is 7.39. The van der Waals surface area contributed by atoms with Crippen molar-refractivity contribution in [2.24, 2.45) is 0 Å². The van der Waals surface area contributed by atoms with E-state index in [1.54, 1.807) is 6.92 Å². The van der Waals surface area contributed by atoms with E-state index in [9.17, 15) is 17.2 Å². The van der Waals surface area contributed by atoms with Crippen LogP contribution in [0.3, 0.4) is 0 Å². The molecule has 0 aromatic heterocycles. The molecule has 0 unspecified atom stereocenters. The zero-order chi connectivity index (χ0) is 15.3. The van der Waals surface area contributed by atoms with Crippen molar-refractivity contribution in [1.82, 2.24) is 9.62 Å². The topological polar surface area (TPSA) is 49.4 Å². The van der Waals surface area contributed by atoms with E-state index < -0.39 is 26.6 Å². The summed E-state index contributed by atoms with van der Waals surface area (Å²) in [6.07, 6.45) is 5.10. The molecule has 0 amide bonds. The number of nitrogens with zero attached hydrogens (tertiary/aromatic N) is 1. The zero-order valence-electron chi connectivity index (χ0n) is 11.3. The number of hydrogen-bond acceptors (Lipinski definition) is 3. The molecule has 0 saturated heterocycles. The molecule has 0 atom stereocenters. The van der Waals surface area contributed by atoms with Gasteiger partial charge in [0.2, 0.25) is 10.0 Å². The van der Waals surface area contributed by atoms with Crippen LogP contribution < -0.4 is 5.32 Å². The van der Waals surface area contributed by atoms with Gasteiger partial charge in [0.05, 0.1) is 6.54 Å².